The molecular formula is C21H17ClN4O5S2. The van der Waals surface area contributed by atoms with E-state index in [1.165, 1.54) is 12.1 Å². The Morgan fingerprint density at radius 3 is 2.55 bits per heavy atom. The first-order valence-corrected chi connectivity index (χ1v) is 12.1. The number of sulfonamides is 1. The van der Waals surface area contributed by atoms with Gasteiger partial charge in [0, 0.05) is 6.20 Å². The summed E-state index contributed by atoms with van der Waals surface area (Å²) in [5.74, 6) is -0.527. The van der Waals surface area contributed by atoms with Crippen molar-refractivity contribution in [1.82, 2.24) is 4.98 Å². The molecule has 4 rings (SSSR count). The number of ether oxygens (including phenoxy) is 1. The summed E-state index contributed by atoms with van der Waals surface area (Å²) in [4.78, 5) is 17.6. The highest BCUT2D eigenvalue weighted by Crippen LogP contribution is 2.49. The first kappa shape index (κ1) is 22.8. The summed E-state index contributed by atoms with van der Waals surface area (Å²) in [6.45, 7) is 0.177. The van der Waals surface area contributed by atoms with E-state index in [1.807, 2.05) is 30.3 Å². The minimum atomic E-state index is -4.41. The Bertz CT molecular complexity index is 1460. The van der Waals surface area contributed by atoms with Crippen molar-refractivity contribution in [2.75, 3.05) is 4.90 Å². The van der Waals surface area contributed by atoms with Crippen molar-refractivity contribution in [2.24, 2.45) is 10.9 Å². The quantitative estimate of drug-likeness (QED) is 0.360. The molecule has 0 saturated heterocycles. The van der Waals surface area contributed by atoms with E-state index in [0.717, 1.165) is 21.8 Å². The lowest BCUT2D eigenvalue weighted by atomic mass is 10.2. The van der Waals surface area contributed by atoms with E-state index in [0.29, 0.717) is 10.2 Å². The molecule has 0 spiro atoms. The van der Waals surface area contributed by atoms with Crippen molar-refractivity contribution in [3.8, 4) is 11.5 Å². The van der Waals surface area contributed by atoms with Crippen LogP contribution in [0.15, 0.2) is 65.7 Å². The Kier molecular flexibility index (Phi) is 6.13. The van der Waals surface area contributed by atoms with E-state index in [2.05, 4.69) is 4.98 Å². The number of rotatable bonds is 6. The lowest BCUT2D eigenvalue weighted by Gasteiger charge is -2.22. The van der Waals surface area contributed by atoms with Crippen LogP contribution < -0.4 is 20.5 Å². The summed E-state index contributed by atoms with van der Waals surface area (Å²) in [5.41, 5.74) is 6.31. The molecule has 2 aromatic heterocycles. The topological polar surface area (TPSA) is 149 Å². The van der Waals surface area contributed by atoms with E-state index in [1.54, 1.807) is 18.3 Å². The SMILES string of the molecule is NC(=O)N(c1ccc(Cl)c(S(N)(=O)=O)c1O)c1sc2ncccc2c1OCc1ccccc1. The van der Waals surface area contributed by atoms with Crippen LogP contribution in [0.4, 0.5) is 15.5 Å². The van der Waals surface area contributed by atoms with Crippen molar-refractivity contribution in [3.63, 3.8) is 0 Å². The molecule has 0 bridgehead atoms. The molecule has 0 unspecified atom stereocenters. The fourth-order valence-electron chi connectivity index (χ4n) is 3.23. The number of hydrogen-bond donors (Lipinski definition) is 3. The standard InChI is InChI=1S/C21H17ClN4O5S2/c22-14-8-9-15(16(27)18(14)33(24,29)30)26(21(23)28)20-17(13-7-4-10-25-19(13)32-20)31-11-12-5-2-1-3-6-12/h1-10,27H,11H2,(H2,23,28)(H2,24,29,30). The molecule has 5 N–H and O–H groups in total. The number of halogens is 1. The molecule has 0 fully saturated rings. The van der Waals surface area contributed by atoms with Gasteiger partial charge < -0.3 is 15.6 Å². The maximum atomic E-state index is 12.6. The number of primary amides is 1. The van der Waals surface area contributed by atoms with Crippen LogP contribution in [0.2, 0.25) is 5.02 Å². The average molecular weight is 505 g/mol. The zero-order valence-electron chi connectivity index (χ0n) is 16.8. The normalized spacial score (nSPS) is 11.5. The number of hydrogen-bond acceptors (Lipinski definition) is 7. The van der Waals surface area contributed by atoms with Gasteiger partial charge in [0.25, 0.3) is 0 Å². The number of aromatic nitrogens is 1. The number of carbonyl (C=O) groups excluding carboxylic acids is 1. The summed E-state index contributed by atoms with van der Waals surface area (Å²) < 4.78 is 30.0. The van der Waals surface area contributed by atoms with Crippen LogP contribution >= 0.6 is 22.9 Å². The molecule has 2 amide bonds. The number of pyridine rings is 1. The lowest BCUT2D eigenvalue weighted by molar-refractivity contribution is 0.255. The summed E-state index contributed by atoms with van der Waals surface area (Å²) in [6.07, 6.45) is 1.58. The molecule has 2 heterocycles. The zero-order chi connectivity index (χ0) is 23.8. The van der Waals surface area contributed by atoms with Gasteiger partial charge in [-0.3, -0.25) is 0 Å². The van der Waals surface area contributed by atoms with Gasteiger partial charge in [-0.2, -0.15) is 0 Å². The second kappa shape index (κ2) is 8.87. The highest BCUT2D eigenvalue weighted by molar-refractivity contribution is 7.89. The molecule has 12 heteroatoms. The number of aromatic hydroxyl groups is 1. The predicted octanol–water partition coefficient (Wildman–Crippen LogP) is 4.10. The maximum Gasteiger partial charge on any atom is 0.324 e. The van der Waals surface area contributed by atoms with Gasteiger partial charge >= 0.3 is 6.03 Å². The number of anilines is 2. The molecule has 0 aliphatic heterocycles. The second-order valence-corrected chi connectivity index (χ2v) is 9.71. The minimum Gasteiger partial charge on any atom is -0.504 e. The molecule has 0 aliphatic rings. The van der Waals surface area contributed by atoms with Gasteiger partial charge in [-0.15, -0.1) is 0 Å². The second-order valence-electron chi connectivity index (χ2n) is 6.83. The number of urea groups is 1. The van der Waals surface area contributed by atoms with Gasteiger partial charge in [0.05, 0.1) is 16.1 Å². The van der Waals surface area contributed by atoms with Crippen LogP contribution in [0.1, 0.15) is 5.56 Å². The number of carbonyl (C=O) groups is 1. The third-order valence-corrected chi connectivity index (χ3v) is 7.13. The third-order valence-electron chi connectivity index (χ3n) is 4.64. The molecule has 0 radical (unpaired) electrons. The molecule has 9 nitrogen and oxygen atoms in total. The number of amides is 2. The first-order chi connectivity index (χ1) is 15.7. The Labute approximate surface area is 197 Å². The molecule has 33 heavy (non-hydrogen) atoms. The highest BCUT2D eigenvalue weighted by atomic mass is 35.5. The number of thiophene rings is 1. The summed E-state index contributed by atoms with van der Waals surface area (Å²) in [6, 6.07) is 14.3. The molecule has 170 valence electrons. The van der Waals surface area contributed by atoms with Crippen molar-refractivity contribution in [3.05, 3.63) is 71.4 Å². The van der Waals surface area contributed by atoms with Gasteiger partial charge in [-0.05, 0) is 29.8 Å². The Morgan fingerprint density at radius 2 is 1.88 bits per heavy atom. The van der Waals surface area contributed by atoms with Gasteiger partial charge in [0.15, 0.2) is 11.5 Å². The van der Waals surface area contributed by atoms with E-state index in [-0.39, 0.29) is 28.1 Å². The van der Waals surface area contributed by atoms with Gasteiger partial charge in [0.2, 0.25) is 10.0 Å². The molecule has 0 saturated carbocycles. The van der Waals surface area contributed by atoms with Gasteiger partial charge in [-0.1, -0.05) is 53.3 Å². The zero-order valence-corrected chi connectivity index (χ0v) is 19.2. The Balaban J connectivity index is 1.90. The van der Waals surface area contributed by atoms with E-state index < -0.39 is 26.7 Å². The smallest absolute Gasteiger partial charge is 0.324 e. The number of phenolic OH excluding ortho intramolecular Hbond substituents is 1. The average Bonchev–Trinajstić information content (AvgIpc) is 3.11. The van der Waals surface area contributed by atoms with Crippen molar-refractivity contribution < 1.29 is 23.1 Å². The molecule has 0 atom stereocenters. The largest absolute Gasteiger partial charge is 0.504 e. The lowest BCUT2D eigenvalue weighted by Crippen LogP contribution is -2.31. The van der Waals surface area contributed by atoms with Crippen LogP contribution in [0.25, 0.3) is 10.2 Å². The molecular weight excluding hydrogens is 488 g/mol. The highest BCUT2D eigenvalue weighted by Gasteiger charge is 2.30. The number of primary sulfonamides is 1. The van der Waals surface area contributed by atoms with E-state index in [4.69, 9.17) is 27.2 Å². The van der Waals surface area contributed by atoms with E-state index >= 15 is 0 Å². The molecule has 2 aromatic carbocycles. The Morgan fingerprint density at radius 1 is 1.15 bits per heavy atom. The first-order valence-electron chi connectivity index (χ1n) is 9.36. The van der Waals surface area contributed by atoms with E-state index in [9.17, 15) is 18.3 Å². The Hall–Kier alpha value is -3.38. The number of fused-ring (bicyclic) bond motifs is 1. The minimum absolute atomic E-state index is 0.177. The van der Waals surface area contributed by atoms with Crippen molar-refractivity contribution in [1.29, 1.82) is 0 Å². The van der Waals surface area contributed by atoms with Crippen LogP contribution in [0, 0.1) is 0 Å². The fourth-order valence-corrected chi connectivity index (χ4v) is 5.53. The van der Waals surface area contributed by atoms with Crippen LogP contribution in [0.5, 0.6) is 11.5 Å². The van der Waals surface area contributed by atoms with Crippen molar-refractivity contribution in [2.45, 2.75) is 11.5 Å². The summed E-state index contributed by atoms with van der Waals surface area (Å²) in [7, 11) is -4.41. The predicted molar refractivity (Wildman–Crippen MR) is 127 cm³/mol. The van der Waals surface area contributed by atoms with Crippen LogP contribution in [-0.2, 0) is 16.6 Å². The molecule has 0 aliphatic carbocycles. The third kappa shape index (κ3) is 4.44. The number of nitrogens with zero attached hydrogens (tertiary/aromatic N) is 2. The fraction of sp³-hybridized carbons (Fsp3) is 0.0476. The summed E-state index contributed by atoms with van der Waals surface area (Å²) >= 11 is 7.02. The number of phenols is 1. The van der Waals surface area contributed by atoms with Crippen LogP contribution in [-0.4, -0.2) is 24.5 Å². The molecule has 4 aromatic rings. The number of benzene rings is 2. The monoisotopic (exact) mass is 504 g/mol. The van der Waals surface area contributed by atoms with Crippen LogP contribution in [0.3, 0.4) is 0 Å². The van der Waals surface area contributed by atoms with Gasteiger partial charge in [-0.25, -0.2) is 28.2 Å². The number of nitrogens with two attached hydrogens (primary N) is 2. The van der Waals surface area contributed by atoms with Crippen molar-refractivity contribution >= 4 is 59.9 Å². The summed E-state index contributed by atoms with van der Waals surface area (Å²) in [5, 5.41) is 16.4. The maximum absolute atomic E-state index is 12.6. The van der Waals surface area contributed by atoms with Gasteiger partial charge in [0.1, 0.15) is 21.3 Å².